The molecule has 27 heavy (non-hydrogen) atoms. The molecule has 7 nitrogen and oxygen atoms in total. The van der Waals surface area contributed by atoms with E-state index in [4.69, 9.17) is 0 Å². The molecular weight excluding hydrogens is 344 g/mol. The van der Waals surface area contributed by atoms with Crippen LogP contribution >= 0.6 is 0 Å². The number of carbonyl (C=O) groups excluding carboxylic acids is 3. The van der Waals surface area contributed by atoms with Gasteiger partial charge in [0, 0.05) is 13.1 Å². The van der Waals surface area contributed by atoms with Crippen LogP contribution in [0.4, 0.5) is 0 Å². The van der Waals surface area contributed by atoms with Gasteiger partial charge in [0.1, 0.15) is 6.04 Å². The summed E-state index contributed by atoms with van der Waals surface area (Å²) >= 11 is 0. The second-order valence-electron chi connectivity index (χ2n) is 7.62. The Bertz CT molecular complexity index is 715. The van der Waals surface area contributed by atoms with Gasteiger partial charge in [-0.2, -0.15) is 0 Å². The third-order valence-electron chi connectivity index (χ3n) is 5.99. The molecule has 144 valence electrons. The minimum Gasteiger partial charge on any atom is -0.345 e. The summed E-state index contributed by atoms with van der Waals surface area (Å²) < 4.78 is 0. The first kappa shape index (κ1) is 18.0. The Balaban J connectivity index is 1.29. The van der Waals surface area contributed by atoms with Gasteiger partial charge in [-0.25, -0.2) is 0 Å². The van der Waals surface area contributed by atoms with E-state index in [0.29, 0.717) is 32.1 Å². The molecule has 0 radical (unpaired) electrons. The predicted octanol–water partition coefficient (Wildman–Crippen LogP) is 0.0352. The normalized spacial score (nSPS) is 24.5. The summed E-state index contributed by atoms with van der Waals surface area (Å²) in [6, 6.07) is 10.0. The van der Waals surface area contributed by atoms with Gasteiger partial charge in [-0.1, -0.05) is 30.3 Å². The third-order valence-corrected chi connectivity index (χ3v) is 5.99. The van der Waals surface area contributed by atoms with Crippen molar-refractivity contribution in [2.75, 3.05) is 45.8 Å². The summed E-state index contributed by atoms with van der Waals surface area (Å²) in [5.41, 5.74) is 1.38. The van der Waals surface area contributed by atoms with Crippen LogP contribution < -0.4 is 5.32 Å². The number of hydrogen-bond donors (Lipinski definition) is 1. The van der Waals surface area contributed by atoms with E-state index in [9.17, 15) is 14.4 Å². The van der Waals surface area contributed by atoms with Crippen LogP contribution in [0, 0.1) is 0 Å². The van der Waals surface area contributed by atoms with Gasteiger partial charge in [-0.15, -0.1) is 0 Å². The summed E-state index contributed by atoms with van der Waals surface area (Å²) in [5, 5.41) is 2.61. The van der Waals surface area contributed by atoms with Crippen molar-refractivity contribution in [3.05, 3.63) is 35.9 Å². The molecular formula is C20H26N4O3. The Morgan fingerprint density at radius 2 is 1.78 bits per heavy atom. The first-order valence-corrected chi connectivity index (χ1v) is 9.74. The van der Waals surface area contributed by atoms with Crippen LogP contribution in [0.5, 0.6) is 0 Å². The molecule has 4 rings (SSSR count). The summed E-state index contributed by atoms with van der Waals surface area (Å²) in [5.74, 6) is 0.405. The minimum absolute atomic E-state index is 0.0543. The molecule has 3 aliphatic rings. The molecule has 3 amide bonds. The lowest BCUT2D eigenvalue weighted by atomic mass is 9.89. The molecule has 0 aromatic heterocycles. The van der Waals surface area contributed by atoms with E-state index in [0.717, 1.165) is 25.9 Å². The second-order valence-corrected chi connectivity index (χ2v) is 7.62. The van der Waals surface area contributed by atoms with Gasteiger partial charge in [-0.3, -0.25) is 19.3 Å². The fraction of sp³-hybridized carbons (Fsp3) is 0.550. The van der Waals surface area contributed by atoms with E-state index in [2.05, 4.69) is 34.5 Å². The monoisotopic (exact) mass is 370 g/mol. The van der Waals surface area contributed by atoms with Crippen LogP contribution in [-0.2, 0) is 14.4 Å². The molecule has 0 unspecified atom stereocenters. The SMILES string of the molecule is O=C1NCC(=O)N2CCN(C(=O)CN3CCC(c4ccccc4)CC3)C[C@@H]12. The molecule has 1 aromatic rings. The van der Waals surface area contributed by atoms with E-state index in [1.54, 1.807) is 9.80 Å². The van der Waals surface area contributed by atoms with Crippen molar-refractivity contribution >= 4 is 17.7 Å². The Kier molecular flexibility index (Phi) is 5.11. The third kappa shape index (κ3) is 3.83. The summed E-state index contributed by atoms with van der Waals surface area (Å²) in [7, 11) is 0. The Morgan fingerprint density at radius 3 is 2.52 bits per heavy atom. The van der Waals surface area contributed by atoms with Crippen molar-refractivity contribution in [2.24, 2.45) is 0 Å². The molecule has 7 heteroatoms. The maximum atomic E-state index is 12.7. The van der Waals surface area contributed by atoms with Crippen LogP contribution in [0.2, 0.25) is 0 Å². The number of piperidine rings is 1. The highest BCUT2D eigenvalue weighted by molar-refractivity contribution is 5.95. The maximum Gasteiger partial charge on any atom is 0.245 e. The zero-order valence-corrected chi connectivity index (χ0v) is 15.5. The van der Waals surface area contributed by atoms with Crippen LogP contribution in [0.3, 0.4) is 0 Å². The topological polar surface area (TPSA) is 73.0 Å². The van der Waals surface area contributed by atoms with E-state index in [1.807, 2.05) is 6.07 Å². The quantitative estimate of drug-likeness (QED) is 0.815. The molecule has 0 bridgehead atoms. The van der Waals surface area contributed by atoms with Gasteiger partial charge < -0.3 is 15.1 Å². The van der Waals surface area contributed by atoms with Gasteiger partial charge in [0.05, 0.1) is 19.6 Å². The average Bonchev–Trinajstić information content (AvgIpc) is 2.72. The zero-order valence-electron chi connectivity index (χ0n) is 15.5. The minimum atomic E-state index is -0.534. The smallest absolute Gasteiger partial charge is 0.245 e. The number of carbonyl (C=O) groups is 3. The van der Waals surface area contributed by atoms with Gasteiger partial charge in [0.25, 0.3) is 0 Å². The maximum absolute atomic E-state index is 12.7. The van der Waals surface area contributed by atoms with Crippen molar-refractivity contribution in [1.29, 1.82) is 0 Å². The molecule has 0 aliphatic carbocycles. The van der Waals surface area contributed by atoms with Crippen LogP contribution in [0.25, 0.3) is 0 Å². The largest absolute Gasteiger partial charge is 0.345 e. The molecule has 0 spiro atoms. The molecule has 3 fully saturated rings. The van der Waals surface area contributed by atoms with E-state index in [1.165, 1.54) is 5.56 Å². The lowest BCUT2D eigenvalue weighted by Gasteiger charge is -2.43. The second kappa shape index (κ2) is 7.68. The van der Waals surface area contributed by atoms with Crippen LogP contribution in [0.15, 0.2) is 30.3 Å². The van der Waals surface area contributed by atoms with Gasteiger partial charge in [0.2, 0.25) is 17.7 Å². The number of nitrogens with one attached hydrogen (secondary N) is 1. The average molecular weight is 370 g/mol. The Labute approximate surface area is 159 Å². The highest BCUT2D eigenvalue weighted by Gasteiger charge is 2.40. The summed E-state index contributed by atoms with van der Waals surface area (Å²) in [6.45, 7) is 3.54. The van der Waals surface area contributed by atoms with Crippen LogP contribution in [-0.4, -0.2) is 84.3 Å². The number of amides is 3. The standard InChI is InChI=1S/C20H26N4O3/c25-18-12-21-20(27)17-13-23(10-11-24(17)18)19(26)14-22-8-6-16(7-9-22)15-4-2-1-3-5-15/h1-5,16-17H,6-14H2,(H,21,27)/t17-/m0/s1. The number of rotatable bonds is 3. The van der Waals surface area contributed by atoms with E-state index in [-0.39, 0.29) is 24.3 Å². The van der Waals surface area contributed by atoms with Crippen molar-refractivity contribution in [3.8, 4) is 0 Å². The molecule has 0 saturated carbocycles. The lowest BCUT2D eigenvalue weighted by molar-refractivity contribution is -0.152. The number of hydrogen-bond acceptors (Lipinski definition) is 4. The molecule has 3 saturated heterocycles. The first-order chi connectivity index (χ1) is 13.1. The van der Waals surface area contributed by atoms with Crippen molar-refractivity contribution in [3.63, 3.8) is 0 Å². The number of likely N-dealkylation sites (tertiary alicyclic amines) is 1. The highest BCUT2D eigenvalue weighted by atomic mass is 16.2. The molecule has 3 heterocycles. The van der Waals surface area contributed by atoms with Gasteiger partial charge in [-0.05, 0) is 37.4 Å². The Hall–Kier alpha value is -2.41. The Morgan fingerprint density at radius 1 is 1.04 bits per heavy atom. The molecule has 3 aliphatic heterocycles. The summed E-state index contributed by atoms with van der Waals surface area (Å²) in [6.07, 6.45) is 2.12. The number of nitrogens with zero attached hydrogens (tertiary/aromatic N) is 3. The first-order valence-electron chi connectivity index (χ1n) is 9.74. The number of piperazine rings is 2. The fourth-order valence-electron chi connectivity index (χ4n) is 4.36. The number of fused-ring (bicyclic) bond motifs is 1. The van der Waals surface area contributed by atoms with Crippen LogP contribution in [0.1, 0.15) is 24.3 Å². The van der Waals surface area contributed by atoms with Crippen molar-refractivity contribution < 1.29 is 14.4 Å². The molecule has 1 aromatic carbocycles. The van der Waals surface area contributed by atoms with Crippen molar-refractivity contribution in [1.82, 2.24) is 20.0 Å². The van der Waals surface area contributed by atoms with Gasteiger partial charge >= 0.3 is 0 Å². The van der Waals surface area contributed by atoms with Crippen molar-refractivity contribution in [2.45, 2.75) is 24.8 Å². The van der Waals surface area contributed by atoms with E-state index < -0.39 is 6.04 Å². The highest BCUT2D eigenvalue weighted by Crippen LogP contribution is 2.27. The van der Waals surface area contributed by atoms with Gasteiger partial charge in [0.15, 0.2) is 0 Å². The fourth-order valence-corrected chi connectivity index (χ4v) is 4.36. The molecule has 1 N–H and O–H groups in total. The predicted molar refractivity (Wildman–Crippen MR) is 99.9 cm³/mol. The van der Waals surface area contributed by atoms with E-state index >= 15 is 0 Å². The lowest BCUT2D eigenvalue weighted by Crippen LogP contribution is -2.67. The zero-order chi connectivity index (χ0) is 18.8. The number of benzene rings is 1. The molecule has 1 atom stereocenters. The summed E-state index contributed by atoms with van der Waals surface area (Å²) in [4.78, 5) is 42.2.